The number of carboxylic acids is 2. The average Bonchev–Trinajstić information content (AvgIpc) is 2.46. The van der Waals surface area contributed by atoms with Crippen molar-refractivity contribution in [2.75, 3.05) is 0 Å². The topological polar surface area (TPSA) is 74.6 Å². The number of carboxylic acid groups (broad SMARTS) is 2. The molecule has 0 saturated carbocycles. The van der Waals surface area contributed by atoms with Crippen LogP contribution in [0.15, 0.2) is 48.5 Å². The highest BCUT2D eigenvalue weighted by molar-refractivity contribution is 5.89. The molecule has 0 aliphatic rings. The number of aliphatic carboxylic acids is 1. The molecule has 2 rings (SSSR count). The van der Waals surface area contributed by atoms with E-state index in [0.29, 0.717) is 11.1 Å². The monoisotopic (exact) mass is 284 g/mol. The van der Waals surface area contributed by atoms with E-state index in [1.807, 2.05) is 19.1 Å². The van der Waals surface area contributed by atoms with Gasteiger partial charge in [0.1, 0.15) is 0 Å². The van der Waals surface area contributed by atoms with Crippen LogP contribution in [-0.4, -0.2) is 22.2 Å². The Bertz CT molecular complexity index is 659. The van der Waals surface area contributed by atoms with Gasteiger partial charge in [-0.3, -0.25) is 4.79 Å². The summed E-state index contributed by atoms with van der Waals surface area (Å²) in [6.07, 6.45) is 0.154. The lowest BCUT2D eigenvalue weighted by Gasteiger charge is -2.14. The van der Waals surface area contributed by atoms with Crippen molar-refractivity contribution >= 4 is 11.9 Å². The van der Waals surface area contributed by atoms with Gasteiger partial charge in [-0.1, -0.05) is 48.0 Å². The number of rotatable bonds is 5. The van der Waals surface area contributed by atoms with Crippen molar-refractivity contribution in [3.63, 3.8) is 0 Å². The molecule has 0 amide bonds. The van der Waals surface area contributed by atoms with Gasteiger partial charge in [0, 0.05) is 0 Å². The summed E-state index contributed by atoms with van der Waals surface area (Å²) in [6.45, 7) is 1.93. The third-order valence-corrected chi connectivity index (χ3v) is 3.45. The molecule has 2 aromatic rings. The highest BCUT2D eigenvalue weighted by Gasteiger charge is 2.22. The Balaban J connectivity index is 2.35. The van der Waals surface area contributed by atoms with E-state index >= 15 is 0 Å². The molecule has 4 heteroatoms. The largest absolute Gasteiger partial charge is 0.481 e. The van der Waals surface area contributed by atoms with Gasteiger partial charge in [-0.05, 0) is 30.5 Å². The van der Waals surface area contributed by atoms with Crippen molar-refractivity contribution in [2.24, 2.45) is 0 Å². The van der Waals surface area contributed by atoms with Crippen molar-refractivity contribution in [1.29, 1.82) is 0 Å². The fourth-order valence-electron chi connectivity index (χ4n) is 2.27. The summed E-state index contributed by atoms with van der Waals surface area (Å²) in [6, 6.07) is 13.8. The van der Waals surface area contributed by atoms with Gasteiger partial charge >= 0.3 is 11.9 Å². The van der Waals surface area contributed by atoms with E-state index in [-0.39, 0.29) is 12.0 Å². The highest BCUT2D eigenvalue weighted by atomic mass is 16.4. The maximum Gasteiger partial charge on any atom is 0.335 e. The second kappa shape index (κ2) is 6.22. The summed E-state index contributed by atoms with van der Waals surface area (Å²) in [5.41, 5.74) is 2.40. The van der Waals surface area contributed by atoms with Crippen molar-refractivity contribution in [3.8, 4) is 0 Å². The zero-order chi connectivity index (χ0) is 15.4. The molecular formula is C17H16O4. The van der Waals surface area contributed by atoms with E-state index in [1.54, 1.807) is 30.3 Å². The third-order valence-electron chi connectivity index (χ3n) is 3.45. The van der Waals surface area contributed by atoms with E-state index in [4.69, 9.17) is 0 Å². The molecule has 0 heterocycles. The van der Waals surface area contributed by atoms with Gasteiger partial charge in [0.15, 0.2) is 0 Å². The third kappa shape index (κ3) is 3.48. The van der Waals surface area contributed by atoms with E-state index < -0.39 is 17.9 Å². The van der Waals surface area contributed by atoms with Gasteiger partial charge in [-0.25, -0.2) is 4.79 Å². The Morgan fingerprint density at radius 1 is 1.00 bits per heavy atom. The van der Waals surface area contributed by atoms with Gasteiger partial charge in [0.2, 0.25) is 0 Å². The van der Waals surface area contributed by atoms with Gasteiger partial charge < -0.3 is 10.2 Å². The number of carbonyl (C=O) groups is 2. The number of hydrogen-bond acceptors (Lipinski definition) is 2. The van der Waals surface area contributed by atoms with Crippen molar-refractivity contribution in [3.05, 3.63) is 70.8 Å². The first-order chi connectivity index (χ1) is 9.99. The lowest BCUT2D eigenvalue weighted by molar-refractivity contribution is -0.138. The fourth-order valence-corrected chi connectivity index (χ4v) is 2.27. The maximum absolute atomic E-state index is 11.5. The quantitative estimate of drug-likeness (QED) is 0.884. The van der Waals surface area contributed by atoms with Crippen LogP contribution in [0, 0.1) is 6.92 Å². The first kappa shape index (κ1) is 14.8. The summed E-state index contributed by atoms with van der Waals surface area (Å²) in [7, 11) is 0. The molecule has 0 saturated heterocycles. The van der Waals surface area contributed by atoms with Crippen LogP contribution in [0.1, 0.15) is 33.0 Å². The molecule has 0 radical (unpaired) electrons. The van der Waals surface area contributed by atoms with Crippen LogP contribution >= 0.6 is 0 Å². The Morgan fingerprint density at radius 2 is 1.62 bits per heavy atom. The molecule has 0 aliphatic heterocycles. The predicted molar refractivity (Wildman–Crippen MR) is 78.7 cm³/mol. The summed E-state index contributed by atoms with van der Waals surface area (Å²) in [5.74, 6) is -2.76. The molecule has 0 bridgehead atoms. The molecule has 0 aliphatic carbocycles. The van der Waals surface area contributed by atoms with Gasteiger partial charge in [0.25, 0.3) is 0 Å². The van der Waals surface area contributed by atoms with E-state index in [1.165, 1.54) is 6.07 Å². The zero-order valence-electron chi connectivity index (χ0n) is 11.6. The molecule has 2 aromatic carbocycles. The average molecular weight is 284 g/mol. The normalized spacial score (nSPS) is 11.9. The summed E-state index contributed by atoms with van der Waals surface area (Å²) in [4.78, 5) is 22.7. The SMILES string of the molecule is Cc1ccc(C(Cc2ccccc2C(=O)O)C(=O)O)cc1. The Kier molecular flexibility index (Phi) is 4.38. The van der Waals surface area contributed by atoms with Crippen molar-refractivity contribution < 1.29 is 19.8 Å². The second-order valence-corrected chi connectivity index (χ2v) is 4.97. The lowest BCUT2D eigenvalue weighted by Crippen LogP contribution is -2.16. The molecule has 0 spiro atoms. The van der Waals surface area contributed by atoms with Crippen LogP contribution in [0.4, 0.5) is 0 Å². The van der Waals surface area contributed by atoms with Crippen LogP contribution in [0.3, 0.4) is 0 Å². The van der Waals surface area contributed by atoms with E-state index in [2.05, 4.69) is 0 Å². The highest BCUT2D eigenvalue weighted by Crippen LogP contribution is 2.24. The number of aryl methyl sites for hydroxylation is 1. The van der Waals surface area contributed by atoms with Crippen LogP contribution in [0.2, 0.25) is 0 Å². The van der Waals surface area contributed by atoms with Crippen LogP contribution in [0.25, 0.3) is 0 Å². The number of benzene rings is 2. The standard InChI is InChI=1S/C17H16O4/c1-11-6-8-12(9-7-11)15(17(20)21)10-13-4-2-3-5-14(13)16(18)19/h2-9,15H,10H2,1H3,(H,18,19)(H,20,21). The number of aromatic carboxylic acids is 1. The van der Waals surface area contributed by atoms with Crippen molar-refractivity contribution in [1.82, 2.24) is 0 Å². The molecule has 21 heavy (non-hydrogen) atoms. The lowest BCUT2D eigenvalue weighted by atomic mass is 9.89. The van der Waals surface area contributed by atoms with Crippen molar-refractivity contribution in [2.45, 2.75) is 19.3 Å². The van der Waals surface area contributed by atoms with E-state index in [9.17, 15) is 19.8 Å². The van der Waals surface area contributed by atoms with Crippen LogP contribution in [-0.2, 0) is 11.2 Å². The second-order valence-electron chi connectivity index (χ2n) is 4.97. The first-order valence-electron chi connectivity index (χ1n) is 6.59. The molecule has 0 aromatic heterocycles. The Morgan fingerprint density at radius 3 is 2.19 bits per heavy atom. The predicted octanol–water partition coefficient (Wildman–Crippen LogP) is 3.10. The molecule has 2 N–H and O–H groups in total. The molecular weight excluding hydrogens is 268 g/mol. The zero-order valence-corrected chi connectivity index (χ0v) is 11.6. The molecule has 4 nitrogen and oxygen atoms in total. The van der Waals surface area contributed by atoms with E-state index in [0.717, 1.165) is 5.56 Å². The minimum Gasteiger partial charge on any atom is -0.481 e. The minimum atomic E-state index is -1.04. The summed E-state index contributed by atoms with van der Waals surface area (Å²) >= 11 is 0. The summed E-state index contributed by atoms with van der Waals surface area (Å²) in [5, 5.41) is 18.6. The molecule has 108 valence electrons. The first-order valence-corrected chi connectivity index (χ1v) is 6.59. The maximum atomic E-state index is 11.5. The number of hydrogen-bond donors (Lipinski definition) is 2. The Labute approximate surface area is 122 Å². The smallest absolute Gasteiger partial charge is 0.335 e. The fraction of sp³-hybridized carbons (Fsp3) is 0.176. The van der Waals surface area contributed by atoms with Gasteiger partial charge in [-0.2, -0.15) is 0 Å². The molecule has 1 unspecified atom stereocenters. The molecule has 1 atom stereocenters. The minimum absolute atomic E-state index is 0.149. The molecule has 0 fully saturated rings. The Hall–Kier alpha value is -2.62. The van der Waals surface area contributed by atoms with Crippen LogP contribution in [0.5, 0.6) is 0 Å². The van der Waals surface area contributed by atoms with Crippen LogP contribution < -0.4 is 0 Å². The summed E-state index contributed by atoms with van der Waals surface area (Å²) < 4.78 is 0. The van der Waals surface area contributed by atoms with Gasteiger partial charge in [0.05, 0.1) is 11.5 Å². The van der Waals surface area contributed by atoms with Gasteiger partial charge in [-0.15, -0.1) is 0 Å².